The van der Waals surface area contributed by atoms with Gasteiger partial charge in [0.2, 0.25) is 0 Å². The third-order valence-corrected chi connectivity index (χ3v) is 6.47. The van der Waals surface area contributed by atoms with Gasteiger partial charge < -0.3 is 18.9 Å². The van der Waals surface area contributed by atoms with E-state index in [0.717, 1.165) is 32.1 Å². The Morgan fingerprint density at radius 1 is 0.875 bits per heavy atom. The molecule has 3 atom stereocenters. The van der Waals surface area contributed by atoms with Crippen LogP contribution in [-0.2, 0) is 18.9 Å². The zero-order chi connectivity index (χ0) is 23.5. The lowest BCUT2D eigenvalue weighted by Crippen LogP contribution is -2.44. The number of rotatable bonds is 21. The Balaban J connectivity index is 2.17. The molecule has 1 saturated heterocycles. The average molecular weight is 455 g/mol. The van der Waals surface area contributed by atoms with Crippen LogP contribution in [-0.4, -0.2) is 38.0 Å². The van der Waals surface area contributed by atoms with E-state index in [2.05, 4.69) is 13.5 Å². The molecule has 0 saturated carbocycles. The van der Waals surface area contributed by atoms with Gasteiger partial charge in [0.05, 0.1) is 18.3 Å². The second-order valence-corrected chi connectivity index (χ2v) is 10.1. The summed E-state index contributed by atoms with van der Waals surface area (Å²) in [5.41, 5.74) is 0. The van der Waals surface area contributed by atoms with E-state index in [1.54, 1.807) is 7.11 Å². The molecule has 4 heteroatoms. The van der Waals surface area contributed by atoms with E-state index in [9.17, 15) is 0 Å². The first-order valence-corrected chi connectivity index (χ1v) is 13.6. The van der Waals surface area contributed by atoms with Crippen LogP contribution in [0.5, 0.6) is 0 Å². The van der Waals surface area contributed by atoms with Crippen LogP contribution >= 0.6 is 0 Å². The molecular formula is C28H54O4. The Labute approximate surface area is 199 Å². The number of hydrogen-bond donors (Lipinski definition) is 0. The van der Waals surface area contributed by atoms with Crippen LogP contribution in [0.1, 0.15) is 130 Å². The Morgan fingerprint density at radius 3 is 2.00 bits per heavy atom. The average Bonchev–Trinajstić information content (AvgIpc) is 2.75. The Morgan fingerprint density at radius 2 is 1.44 bits per heavy atom. The van der Waals surface area contributed by atoms with Crippen molar-refractivity contribution in [1.29, 1.82) is 0 Å². The lowest BCUT2D eigenvalue weighted by molar-refractivity contribution is -0.300. The highest BCUT2D eigenvalue weighted by Gasteiger charge is 2.34. The molecule has 1 aliphatic rings. The van der Waals surface area contributed by atoms with Gasteiger partial charge in [-0.15, -0.1) is 6.58 Å². The van der Waals surface area contributed by atoms with Gasteiger partial charge in [-0.1, -0.05) is 90.0 Å². The highest BCUT2D eigenvalue weighted by atomic mass is 16.7. The zero-order valence-corrected chi connectivity index (χ0v) is 21.9. The number of ether oxygens (including phenoxy) is 4. The van der Waals surface area contributed by atoms with Crippen LogP contribution in [0, 0.1) is 0 Å². The molecule has 0 amide bonds. The summed E-state index contributed by atoms with van der Waals surface area (Å²) in [6, 6.07) is 0. The molecule has 0 unspecified atom stereocenters. The van der Waals surface area contributed by atoms with E-state index in [1.165, 1.54) is 77.0 Å². The third kappa shape index (κ3) is 15.4. The first kappa shape index (κ1) is 29.6. The summed E-state index contributed by atoms with van der Waals surface area (Å²) < 4.78 is 23.4. The highest BCUT2D eigenvalue weighted by molar-refractivity contribution is 4.82. The van der Waals surface area contributed by atoms with E-state index in [0.29, 0.717) is 6.79 Å². The van der Waals surface area contributed by atoms with Crippen molar-refractivity contribution in [3.8, 4) is 0 Å². The molecule has 32 heavy (non-hydrogen) atoms. The standard InChI is InChI=1S/C28H54O4/c1-6-8-9-10-11-12-13-14-15-16-17-18-20-25(30-24-29-5)21-22-27-23-26(19-7-2)31-28(3,4)32-27/h7,25-27H,2,6,8-24H2,1,3-5H3/t25-,26+,27-/m0/s1. The minimum atomic E-state index is -0.519. The van der Waals surface area contributed by atoms with Gasteiger partial charge in [-0.2, -0.15) is 0 Å². The van der Waals surface area contributed by atoms with Crippen molar-refractivity contribution in [2.24, 2.45) is 0 Å². The first-order chi connectivity index (χ1) is 15.5. The maximum Gasteiger partial charge on any atom is 0.163 e. The summed E-state index contributed by atoms with van der Waals surface area (Å²) in [4.78, 5) is 0. The number of unbranched alkanes of at least 4 members (excludes halogenated alkanes) is 11. The fourth-order valence-electron chi connectivity index (χ4n) is 4.79. The molecule has 0 spiro atoms. The van der Waals surface area contributed by atoms with E-state index in [-0.39, 0.29) is 18.3 Å². The summed E-state index contributed by atoms with van der Waals surface area (Å²) in [7, 11) is 1.70. The monoisotopic (exact) mass is 454 g/mol. The number of hydrogen-bond acceptors (Lipinski definition) is 4. The first-order valence-electron chi connectivity index (χ1n) is 13.6. The van der Waals surface area contributed by atoms with Gasteiger partial charge in [-0.25, -0.2) is 0 Å². The lowest BCUT2D eigenvalue weighted by atomic mass is 9.98. The topological polar surface area (TPSA) is 36.9 Å². The summed E-state index contributed by atoms with van der Waals surface area (Å²) in [6.07, 6.45) is 24.2. The van der Waals surface area contributed by atoms with Gasteiger partial charge in [0, 0.05) is 13.5 Å². The molecule has 0 bridgehead atoms. The molecule has 0 aromatic rings. The van der Waals surface area contributed by atoms with E-state index in [4.69, 9.17) is 18.9 Å². The lowest BCUT2D eigenvalue weighted by Gasteiger charge is -2.41. The number of methoxy groups -OCH3 is 1. The van der Waals surface area contributed by atoms with Crippen LogP contribution in [0.4, 0.5) is 0 Å². The van der Waals surface area contributed by atoms with Crippen LogP contribution < -0.4 is 0 Å². The zero-order valence-electron chi connectivity index (χ0n) is 21.9. The molecule has 1 aliphatic heterocycles. The van der Waals surface area contributed by atoms with E-state index in [1.807, 2.05) is 19.9 Å². The van der Waals surface area contributed by atoms with Crippen molar-refractivity contribution in [3.63, 3.8) is 0 Å². The van der Waals surface area contributed by atoms with Crippen LogP contribution in [0.15, 0.2) is 12.7 Å². The molecule has 4 nitrogen and oxygen atoms in total. The molecule has 1 fully saturated rings. The van der Waals surface area contributed by atoms with Gasteiger partial charge in [-0.3, -0.25) is 0 Å². The Bertz CT molecular complexity index is 437. The molecule has 0 radical (unpaired) electrons. The van der Waals surface area contributed by atoms with E-state index >= 15 is 0 Å². The Kier molecular flexibility index (Phi) is 17.5. The second-order valence-electron chi connectivity index (χ2n) is 10.1. The third-order valence-electron chi connectivity index (χ3n) is 6.47. The predicted octanol–water partition coefficient (Wildman–Crippen LogP) is 8.33. The van der Waals surface area contributed by atoms with Crippen molar-refractivity contribution in [2.45, 2.75) is 154 Å². The maximum atomic E-state index is 6.18. The SMILES string of the molecule is C=CC[C@@H]1C[C@H](CC[C@H](CCCCCCCCCCCCCC)OCOC)OC(C)(C)O1. The minimum absolute atomic E-state index is 0.205. The van der Waals surface area contributed by atoms with Crippen molar-refractivity contribution < 1.29 is 18.9 Å². The summed E-state index contributed by atoms with van der Waals surface area (Å²) in [5.74, 6) is -0.519. The van der Waals surface area contributed by atoms with Gasteiger partial charge in [-0.05, 0) is 39.5 Å². The molecule has 1 rings (SSSR count). The van der Waals surface area contributed by atoms with Crippen molar-refractivity contribution in [3.05, 3.63) is 12.7 Å². The van der Waals surface area contributed by atoms with Crippen LogP contribution in [0.2, 0.25) is 0 Å². The van der Waals surface area contributed by atoms with Crippen LogP contribution in [0.3, 0.4) is 0 Å². The van der Waals surface area contributed by atoms with Crippen molar-refractivity contribution in [2.75, 3.05) is 13.9 Å². The fourth-order valence-corrected chi connectivity index (χ4v) is 4.79. The van der Waals surface area contributed by atoms with E-state index < -0.39 is 5.79 Å². The molecule has 0 aromatic carbocycles. The minimum Gasteiger partial charge on any atom is -0.359 e. The predicted molar refractivity (Wildman–Crippen MR) is 135 cm³/mol. The van der Waals surface area contributed by atoms with Gasteiger partial charge in [0.1, 0.15) is 6.79 Å². The normalized spacial score (nSPS) is 21.5. The second kappa shape index (κ2) is 18.9. The van der Waals surface area contributed by atoms with Gasteiger partial charge in [0.25, 0.3) is 0 Å². The highest BCUT2D eigenvalue weighted by Crippen LogP contribution is 2.31. The summed E-state index contributed by atoms with van der Waals surface area (Å²) in [6.45, 7) is 10.6. The Hall–Kier alpha value is -0.420. The molecule has 190 valence electrons. The molecule has 1 heterocycles. The summed E-state index contributed by atoms with van der Waals surface area (Å²) >= 11 is 0. The van der Waals surface area contributed by atoms with Gasteiger partial charge >= 0.3 is 0 Å². The van der Waals surface area contributed by atoms with Crippen molar-refractivity contribution in [1.82, 2.24) is 0 Å². The molecule has 0 aliphatic carbocycles. The molecule has 0 aromatic heterocycles. The van der Waals surface area contributed by atoms with Crippen LogP contribution in [0.25, 0.3) is 0 Å². The van der Waals surface area contributed by atoms with Crippen molar-refractivity contribution >= 4 is 0 Å². The fraction of sp³-hybridized carbons (Fsp3) is 0.929. The molecular weight excluding hydrogens is 400 g/mol. The summed E-state index contributed by atoms with van der Waals surface area (Å²) in [5, 5.41) is 0. The largest absolute Gasteiger partial charge is 0.359 e. The quantitative estimate of drug-likeness (QED) is 0.0992. The smallest absolute Gasteiger partial charge is 0.163 e. The molecule has 0 N–H and O–H groups in total. The maximum absolute atomic E-state index is 6.18. The van der Waals surface area contributed by atoms with Gasteiger partial charge in [0.15, 0.2) is 5.79 Å².